The van der Waals surface area contributed by atoms with Gasteiger partial charge in [0.25, 0.3) is 0 Å². The molecule has 0 fully saturated rings. The molecule has 2 aromatic heterocycles. The van der Waals surface area contributed by atoms with Crippen LogP contribution in [0.15, 0.2) is 183 Å². The van der Waals surface area contributed by atoms with Crippen LogP contribution in [0.25, 0.3) is 11.1 Å². The third-order valence-electron chi connectivity index (χ3n) is 15.7. The van der Waals surface area contributed by atoms with E-state index in [4.69, 9.17) is 47.1 Å². The Bertz CT molecular complexity index is 3960. The number of Topliss-reactive ketones (excluding diaryl/α,β-unsaturated/α-hetero) is 1. The predicted octanol–water partition coefficient (Wildman–Crippen LogP) is 12.8. The summed E-state index contributed by atoms with van der Waals surface area (Å²) >= 11 is 1.84. The molecule has 4 N–H and O–H groups in total. The van der Waals surface area contributed by atoms with E-state index in [-0.39, 0.29) is 86.2 Å². The number of hydrogen-bond acceptors (Lipinski definition) is 21. The molecule has 5 aromatic carbocycles. The van der Waals surface area contributed by atoms with Crippen molar-refractivity contribution in [3.05, 3.63) is 215 Å². The van der Waals surface area contributed by atoms with Crippen molar-refractivity contribution in [1.82, 2.24) is 25.9 Å². The van der Waals surface area contributed by atoms with Gasteiger partial charge in [0.15, 0.2) is 22.5 Å². The van der Waals surface area contributed by atoms with Crippen LogP contribution >= 0.6 is 11.8 Å². The van der Waals surface area contributed by atoms with Gasteiger partial charge >= 0.3 is 36.2 Å². The van der Waals surface area contributed by atoms with E-state index >= 15 is 0 Å². The lowest BCUT2D eigenvalue weighted by Gasteiger charge is -2.35. The van der Waals surface area contributed by atoms with Crippen LogP contribution in [-0.4, -0.2) is 136 Å². The number of thioether (sulfide) groups is 1. The van der Waals surface area contributed by atoms with E-state index in [1.807, 2.05) is 74.1 Å². The van der Waals surface area contributed by atoms with E-state index in [1.54, 1.807) is 54.5 Å². The first-order valence-corrected chi connectivity index (χ1v) is 33.9. The topological polar surface area (TPSA) is 317 Å². The highest BCUT2D eigenvalue weighted by Gasteiger charge is 2.43. The fourth-order valence-corrected chi connectivity index (χ4v) is 12.3. The van der Waals surface area contributed by atoms with Gasteiger partial charge in [0.05, 0.1) is 24.9 Å². The van der Waals surface area contributed by atoms with Crippen LogP contribution in [0, 0.1) is 5.92 Å². The number of carbonyl (C=O) groups is 7. The molecular weight excluding hydrogens is 1310 g/mol. The summed E-state index contributed by atoms with van der Waals surface area (Å²) in [6.07, 6.45) is 4.48. The average Bonchev–Trinajstić information content (AvgIpc) is 1.38. The van der Waals surface area contributed by atoms with Crippen molar-refractivity contribution >= 4 is 65.5 Å². The highest BCUT2D eigenvalue weighted by atomic mass is 32.2. The van der Waals surface area contributed by atoms with E-state index in [0.29, 0.717) is 12.1 Å². The molecule has 10 rings (SSSR count). The summed E-state index contributed by atoms with van der Waals surface area (Å²) in [6.45, 7) is 19.0. The molecule has 1 unspecified atom stereocenters. The van der Waals surface area contributed by atoms with Gasteiger partial charge in [-0.15, -0.1) is 11.8 Å². The lowest BCUT2D eigenvalue weighted by atomic mass is 9.84. The first-order chi connectivity index (χ1) is 48.0. The zero-order valence-corrected chi connectivity index (χ0v) is 59.5. The number of nitrogens with zero attached hydrogens (tertiary/aromatic N) is 4. The predicted molar refractivity (Wildman–Crippen MR) is 378 cm³/mol. The molecule has 534 valence electrons. The summed E-state index contributed by atoms with van der Waals surface area (Å²) in [5, 5.41) is 16.9. The van der Waals surface area contributed by atoms with E-state index < -0.39 is 75.4 Å². The van der Waals surface area contributed by atoms with Crippen molar-refractivity contribution < 1.29 is 80.7 Å². The monoisotopic (exact) mass is 1400 g/mol. The Kier molecular flexibility index (Phi) is 25.7. The third kappa shape index (κ3) is 20.8. The van der Waals surface area contributed by atoms with Crippen LogP contribution in [0.4, 0.5) is 14.4 Å². The molecule has 3 amide bonds. The SMILES string of the molecule is CC(=O)C[C@@H](/C=C/CCSC(c1ccccc1)(c1ccccc1)c1ccccc1)OC(=O)C(NC(=O)OCC1c2ccccc2-c2ccccc21)C(C)C.CC(C)(C)OC(=O)NCc1nc(C2=N[C@](C)(C(=O)O)CO2)co1.COC(=O)[C@]1(C)COC(c2coc(CNC(=O)OC(C)(C)C)n2)=N1. The lowest BCUT2D eigenvalue weighted by Crippen LogP contribution is -2.46. The largest absolute Gasteiger partial charge is 0.479 e. The molecule has 0 saturated carbocycles. The summed E-state index contributed by atoms with van der Waals surface area (Å²) < 4.78 is 47.2. The van der Waals surface area contributed by atoms with Gasteiger partial charge in [-0.05, 0) is 125 Å². The maximum absolute atomic E-state index is 13.5. The van der Waals surface area contributed by atoms with Gasteiger partial charge in [0, 0.05) is 12.3 Å². The summed E-state index contributed by atoms with van der Waals surface area (Å²) in [5.74, 6) is -1.14. The smallest absolute Gasteiger partial charge is 0.408 e. The van der Waals surface area contributed by atoms with Crippen molar-refractivity contribution in [1.29, 1.82) is 0 Å². The summed E-state index contributed by atoms with van der Waals surface area (Å²) in [5.41, 5.74) is 5.03. The number of aliphatic carboxylic acids is 1. The number of aliphatic imine (C=N–C) groups is 2. The van der Waals surface area contributed by atoms with E-state index in [2.05, 4.69) is 133 Å². The number of oxazole rings is 2. The molecule has 3 aliphatic rings. The minimum absolute atomic E-state index is 0.0262. The first-order valence-electron chi connectivity index (χ1n) is 32.9. The number of nitrogens with one attached hydrogen (secondary N) is 3. The number of carbonyl (C=O) groups excluding carboxylic acids is 6. The van der Waals surface area contributed by atoms with Gasteiger partial charge < -0.3 is 63.0 Å². The minimum atomic E-state index is -1.33. The number of methoxy groups -OCH3 is 1. The first kappa shape index (κ1) is 76.2. The molecule has 0 radical (unpaired) electrons. The number of aromatic nitrogens is 2. The molecule has 0 saturated heterocycles. The number of fused-ring (bicyclic) bond motifs is 3. The number of carboxylic acid groups (broad SMARTS) is 1. The highest BCUT2D eigenvalue weighted by molar-refractivity contribution is 8.00. The molecule has 0 bridgehead atoms. The van der Waals surface area contributed by atoms with E-state index in [1.165, 1.54) is 50.2 Å². The molecule has 101 heavy (non-hydrogen) atoms. The van der Waals surface area contributed by atoms with Crippen molar-refractivity contribution in [3.8, 4) is 11.1 Å². The number of allylic oxidation sites excluding steroid dienone is 1. The maximum atomic E-state index is 13.5. The average molecular weight is 1400 g/mol. The van der Waals surface area contributed by atoms with E-state index in [9.17, 15) is 33.6 Å². The third-order valence-corrected chi connectivity index (χ3v) is 17.2. The zero-order chi connectivity index (χ0) is 73.1. The summed E-state index contributed by atoms with van der Waals surface area (Å²) in [4.78, 5) is 101. The molecule has 0 spiro atoms. The van der Waals surface area contributed by atoms with Crippen LogP contribution in [0.1, 0.15) is 146 Å². The number of ether oxygens (including phenoxy) is 7. The number of esters is 2. The Morgan fingerprint density at radius 1 is 0.644 bits per heavy atom. The number of amides is 3. The van der Waals surface area contributed by atoms with Gasteiger partial charge in [-0.3, -0.25) is 4.79 Å². The van der Waals surface area contributed by atoms with Crippen LogP contribution in [0.5, 0.6) is 0 Å². The molecule has 4 atom stereocenters. The number of carboxylic acids is 1. The molecule has 4 heterocycles. The Hall–Kier alpha value is -10.6. The normalized spacial score (nSPS) is 16.7. The Morgan fingerprint density at radius 3 is 1.51 bits per heavy atom. The van der Waals surface area contributed by atoms with Gasteiger partial charge in [-0.2, -0.15) is 0 Å². The van der Waals surface area contributed by atoms with Crippen molar-refractivity contribution in [2.45, 2.75) is 147 Å². The van der Waals surface area contributed by atoms with Gasteiger partial charge in [-0.1, -0.05) is 159 Å². The second-order valence-electron chi connectivity index (χ2n) is 26.6. The van der Waals surface area contributed by atoms with Gasteiger partial charge in [-0.25, -0.2) is 48.7 Å². The number of benzene rings is 5. The summed E-state index contributed by atoms with van der Waals surface area (Å²) in [7, 11) is 1.29. The lowest BCUT2D eigenvalue weighted by molar-refractivity contribution is -0.151. The van der Waals surface area contributed by atoms with Crippen LogP contribution in [-0.2, 0) is 70.2 Å². The number of rotatable bonds is 24. The van der Waals surface area contributed by atoms with Crippen molar-refractivity contribution in [3.63, 3.8) is 0 Å². The zero-order valence-electron chi connectivity index (χ0n) is 58.7. The summed E-state index contributed by atoms with van der Waals surface area (Å²) in [6, 6.07) is 46.9. The molecule has 7 aromatic rings. The van der Waals surface area contributed by atoms with Crippen LogP contribution < -0.4 is 16.0 Å². The molecule has 25 heteroatoms. The number of hydrogen-bond donors (Lipinski definition) is 4. The standard InChI is InChI=1S/C47H47NO5S.C15H21N3O6.C14H19N3O6/c1-33(2)44(48-46(51)52-32-43-41-28-15-13-26-39(41)40-27-14-16-29-42(40)43)45(50)53-38(31-34(3)49)25-17-18-30-54-47(35-19-7-4-8-20-35,36-21-9-5-10-22-36)37-23-11-6-12-24-37;1-14(2,3)24-13(20)16-6-10-17-9(7-22-10)11-18-15(4,8-23-11)12(19)21-5;1-13(2,3)23-12(20)15-5-9-16-8(6-21-9)10-17-14(4,7-22-10)11(18)19/h4-17,19-29,33,38,43-44H,18,30-32H2,1-3H3,(H,48,51);7H,6,8H2,1-5H3,(H,16,20);6H,5,7H2,1-4H3,(H,15,20)(H,18,19)/b25-17+;;/t38-,44?;15-;14-/m100/s1. The molecule has 1 aliphatic carbocycles. The number of alkyl carbamates (subject to hydrolysis) is 3. The molecular formula is C76H87N7O17S. The van der Waals surface area contributed by atoms with E-state index in [0.717, 1.165) is 28.0 Å². The van der Waals surface area contributed by atoms with Gasteiger partial charge in [0.2, 0.25) is 23.6 Å². The Labute approximate surface area is 591 Å². The second kappa shape index (κ2) is 34.0. The quantitative estimate of drug-likeness (QED) is 0.0144. The Morgan fingerprint density at radius 2 is 1.09 bits per heavy atom. The molecule has 2 aliphatic heterocycles. The maximum Gasteiger partial charge on any atom is 0.408 e. The van der Waals surface area contributed by atoms with Crippen LogP contribution in [0.3, 0.4) is 0 Å². The van der Waals surface area contributed by atoms with Crippen molar-refractivity contribution in [2.24, 2.45) is 15.9 Å². The fourth-order valence-electron chi connectivity index (χ4n) is 10.8. The van der Waals surface area contributed by atoms with Gasteiger partial charge in [0.1, 0.15) is 61.5 Å². The van der Waals surface area contributed by atoms with Crippen molar-refractivity contribution in [2.75, 3.05) is 32.7 Å². The molecule has 24 nitrogen and oxygen atoms in total. The minimum Gasteiger partial charge on any atom is -0.479 e. The fraction of sp³-hybridized carbons (Fsp3) is 0.382. The highest BCUT2D eigenvalue weighted by Crippen LogP contribution is 2.49. The van der Waals surface area contributed by atoms with Crippen LogP contribution in [0.2, 0.25) is 0 Å². The second-order valence-corrected chi connectivity index (χ2v) is 27.9. The Balaban J connectivity index is 0.000000227. The number of ketones is 1.